The summed E-state index contributed by atoms with van der Waals surface area (Å²) in [5, 5.41) is 31.2. The smallest absolute Gasteiger partial charge is 0.321 e. The third-order valence-electron chi connectivity index (χ3n) is 10.4. The molecule has 1 fully saturated rings. The maximum Gasteiger partial charge on any atom is 0.321 e. The van der Waals surface area contributed by atoms with Gasteiger partial charge in [0.2, 0.25) is 17.8 Å². The van der Waals surface area contributed by atoms with E-state index in [1.54, 1.807) is 10.9 Å². The van der Waals surface area contributed by atoms with Gasteiger partial charge in [0.15, 0.2) is 5.82 Å². The summed E-state index contributed by atoms with van der Waals surface area (Å²) in [5.74, 6) is -2.02. The first-order valence-corrected chi connectivity index (χ1v) is 22.0. The number of thioether (sulfide) groups is 1. The molecule has 4 heterocycles. The van der Waals surface area contributed by atoms with Crippen LogP contribution in [0, 0.1) is 6.92 Å². The number of carbonyl (C=O) groups is 4. The summed E-state index contributed by atoms with van der Waals surface area (Å²) in [6.07, 6.45) is 7.02. The van der Waals surface area contributed by atoms with Gasteiger partial charge in [0.25, 0.3) is 0 Å². The fourth-order valence-corrected chi connectivity index (χ4v) is 7.85. The number of piperazine rings is 1. The van der Waals surface area contributed by atoms with Crippen LogP contribution < -0.4 is 22.1 Å². The predicted octanol–water partition coefficient (Wildman–Crippen LogP) is 1.94. The van der Waals surface area contributed by atoms with E-state index in [4.69, 9.17) is 26.0 Å². The minimum atomic E-state index is -1.24. The SMILES string of the molecule is CCCCCNc1nc(N)nc2ccn(Cc3ccc(CN4CCN(C(=O)CCOCCOCCn5cc(CNC(=O)C[C@@H](SC[C@H](N)C(=O)O)C(=O)O)nn5)CC4)cc3C)c12. The number of nitrogens with one attached hydrogen (secondary N) is 2. The normalized spacial score (nSPS) is 14.2. The number of unbranched alkanes of at least 4 members (excludes halogenated alkanes) is 2. The van der Waals surface area contributed by atoms with Gasteiger partial charge in [0.05, 0.1) is 57.7 Å². The number of carboxylic acid groups (broad SMARTS) is 2. The van der Waals surface area contributed by atoms with Gasteiger partial charge in [-0.25, -0.2) is 9.67 Å². The van der Waals surface area contributed by atoms with Crippen LogP contribution in [0.15, 0.2) is 36.7 Å². The number of amides is 2. The van der Waals surface area contributed by atoms with Crippen molar-refractivity contribution < 1.29 is 38.9 Å². The van der Waals surface area contributed by atoms with Crippen LogP contribution >= 0.6 is 11.8 Å². The Labute approximate surface area is 365 Å². The Balaban J connectivity index is 0.922. The number of carbonyl (C=O) groups excluding carboxylic acids is 2. The summed E-state index contributed by atoms with van der Waals surface area (Å²) in [4.78, 5) is 60.8. The van der Waals surface area contributed by atoms with Crippen molar-refractivity contribution in [2.45, 2.75) is 83.4 Å². The zero-order valence-corrected chi connectivity index (χ0v) is 36.4. The lowest BCUT2D eigenvalue weighted by molar-refractivity contribution is -0.139. The molecule has 3 aromatic heterocycles. The van der Waals surface area contributed by atoms with E-state index in [9.17, 15) is 24.3 Å². The summed E-state index contributed by atoms with van der Waals surface area (Å²) in [5.41, 5.74) is 17.4. The van der Waals surface area contributed by atoms with Crippen molar-refractivity contribution in [3.8, 4) is 0 Å². The van der Waals surface area contributed by atoms with Gasteiger partial charge in [0, 0.05) is 64.2 Å². The molecule has 1 saturated heterocycles. The Kier molecular flexibility index (Phi) is 18.7. The van der Waals surface area contributed by atoms with Gasteiger partial charge in [-0.3, -0.25) is 24.1 Å². The Morgan fingerprint density at radius 1 is 0.968 bits per heavy atom. The van der Waals surface area contributed by atoms with Gasteiger partial charge in [-0.2, -0.15) is 4.98 Å². The van der Waals surface area contributed by atoms with E-state index >= 15 is 0 Å². The van der Waals surface area contributed by atoms with Crippen molar-refractivity contribution in [1.29, 1.82) is 0 Å². The van der Waals surface area contributed by atoms with Crippen LogP contribution in [0.4, 0.5) is 11.8 Å². The lowest BCUT2D eigenvalue weighted by Gasteiger charge is -2.35. The minimum Gasteiger partial charge on any atom is -0.480 e. The van der Waals surface area contributed by atoms with Gasteiger partial charge < -0.3 is 51.3 Å². The fraction of sp³-hybridized carbons (Fsp3) is 0.561. The van der Waals surface area contributed by atoms with E-state index in [1.165, 1.54) is 16.7 Å². The van der Waals surface area contributed by atoms with E-state index < -0.39 is 29.1 Å². The molecule has 62 heavy (non-hydrogen) atoms. The number of aromatic nitrogens is 6. The molecule has 0 radical (unpaired) electrons. The highest BCUT2D eigenvalue weighted by Crippen LogP contribution is 2.25. The van der Waals surface area contributed by atoms with Crippen molar-refractivity contribution in [3.05, 3.63) is 59.0 Å². The van der Waals surface area contributed by atoms with Crippen molar-refractivity contribution in [1.82, 2.24) is 44.6 Å². The average Bonchev–Trinajstić information content (AvgIpc) is 3.88. The van der Waals surface area contributed by atoms with Crippen LogP contribution in [0.3, 0.4) is 0 Å². The highest BCUT2D eigenvalue weighted by molar-refractivity contribution is 8.00. The number of benzene rings is 1. The van der Waals surface area contributed by atoms with E-state index in [0.29, 0.717) is 64.7 Å². The summed E-state index contributed by atoms with van der Waals surface area (Å²) in [6.45, 7) is 11.4. The fourth-order valence-electron chi connectivity index (χ4n) is 6.86. The third kappa shape index (κ3) is 14.9. The number of hydrogen-bond donors (Lipinski definition) is 6. The number of fused-ring (bicyclic) bond motifs is 1. The molecule has 21 heteroatoms. The number of hydrogen-bond acceptors (Lipinski definition) is 15. The number of anilines is 2. The molecule has 2 amide bonds. The third-order valence-corrected chi connectivity index (χ3v) is 11.7. The van der Waals surface area contributed by atoms with Crippen LogP contribution in [-0.4, -0.2) is 149 Å². The number of aliphatic carboxylic acids is 2. The maximum atomic E-state index is 12.9. The van der Waals surface area contributed by atoms with Crippen LogP contribution in [0.2, 0.25) is 0 Å². The van der Waals surface area contributed by atoms with Gasteiger partial charge >= 0.3 is 11.9 Å². The number of nitrogens with zero attached hydrogens (tertiary/aromatic N) is 8. The largest absolute Gasteiger partial charge is 0.480 e. The van der Waals surface area contributed by atoms with E-state index in [1.807, 2.05) is 17.2 Å². The molecule has 8 N–H and O–H groups in total. The monoisotopic (exact) mass is 880 g/mol. The first kappa shape index (κ1) is 47.7. The number of carboxylic acids is 2. The molecule has 20 nitrogen and oxygen atoms in total. The van der Waals surface area contributed by atoms with Crippen LogP contribution in [0.1, 0.15) is 61.4 Å². The Hall–Kier alpha value is -5.35. The molecule has 2 atom stereocenters. The van der Waals surface area contributed by atoms with Crippen LogP contribution in [-0.2, 0) is 54.8 Å². The molecule has 1 aliphatic rings. The topological polar surface area (TPSA) is 271 Å². The predicted molar refractivity (Wildman–Crippen MR) is 234 cm³/mol. The number of ether oxygens (including phenoxy) is 2. The molecular formula is C41H60N12O8S. The van der Waals surface area contributed by atoms with Crippen molar-refractivity contribution >= 4 is 58.3 Å². The van der Waals surface area contributed by atoms with Crippen molar-refractivity contribution in [2.24, 2.45) is 5.73 Å². The molecule has 5 rings (SSSR count). The lowest BCUT2D eigenvalue weighted by Crippen LogP contribution is -2.48. The Morgan fingerprint density at radius 3 is 2.47 bits per heavy atom. The first-order chi connectivity index (χ1) is 29.9. The second kappa shape index (κ2) is 24.3. The van der Waals surface area contributed by atoms with E-state index in [0.717, 1.165) is 74.1 Å². The molecule has 0 saturated carbocycles. The summed E-state index contributed by atoms with van der Waals surface area (Å²) < 4.78 is 15.0. The van der Waals surface area contributed by atoms with Gasteiger partial charge in [-0.05, 0) is 36.1 Å². The molecule has 0 aliphatic carbocycles. The zero-order chi connectivity index (χ0) is 44.4. The standard InChI is InChI=1S/C41H60N12O8S/c1-3-4-5-10-44-38-37-33(46-41(43)47-38)8-11-52(37)25-30-7-6-29(21-28(30)2)24-50-12-14-51(15-13-50)36(55)9-17-60-19-20-61-18-16-53-26-31(48-49-53)23-45-35(54)22-34(40(58)59)62-27-32(42)39(56)57/h6-8,11,21,26,32,34H,3-5,9-10,12-20,22-25,27,42H2,1-2H3,(H,45,54)(H,56,57)(H,58,59)(H3,43,44,46,47)/t32-,34+/m0/s1. The van der Waals surface area contributed by atoms with Gasteiger partial charge in [0.1, 0.15) is 22.5 Å². The number of aryl methyl sites for hydroxylation is 1. The van der Waals surface area contributed by atoms with Gasteiger partial charge in [-0.15, -0.1) is 16.9 Å². The van der Waals surface area contributed by atoms with Crippen molar-refractivity contribution in [2.75, 3.05) is 76.0 Å². The van der Waals surface area contributed by atoms with E-state index in [2.05, 4.69) is 72.4 Å². The molecule has 4 aromatic rings. The summed E-state index contributed by atoms with van der Waals surface area (Å²) in [6, 6.07) is 7.41. The molecule has 0 bridgehead atoms. The Morgan fingerprint density at radius 2 is 1.74 bits per heavy atom. The molecule has 0 spiro atoms. The van der Waals surface area contributed by atoms with Gasteiger partial charge in [-0.1, -0.05) is 43.2 Å². The highest BCUT2D eigenvalue weighted by atomic mass is 32.2. The molecule has 1 aliphatic heterocycles. The molecule has 338 valence electrons. The lowest BCUT2D eigenvalue weighted by atomic mass is 10.0. The van der Waals surface area contributed by atoms with Crippen LogP contribution in [0.25, 0.3) is 11.0 Å². The van der Waals surface area contributed by atoms with E-state index in [-0.39, 0.29) is 30.6 Å². The maximum absolute atomic E-state index is 12.9. The number of nitrogens with two attached hydrogens (primary N) is 2. The highest BCUT2D eigenvalue weighted by Gasteiger charge is 2.25. The number of rotatable bonds is 27. The average molecular weight is 881 g/mol. The number of nitrogen functional groups attached to an aromatic ring is 1. The van der Waals surface area contributed by atoms with Crippen LogP contribution in [0.5, 0.6) is 0 Å². The minimum absolute atomic E-state index is 0.0449. The Bertz CT molecular complexity index is 2090. The second-order valence-electron chi connectivity index (χ2n) is 15.2. The zero-order valence-electron chi connectivity index (χ0n) is 35.5. The summed E-state index contributed by atoms with van der Waals surface area (Å²) in [7, 11) is 0. The second-order valence-corrected chi connectivity index (χ2v) is 16.4. The molecular weight excluding hydrogens is 821 g/mol. The summed E-state index contributed by atoms with van der Waals surface area (Å²) >= 11 is 0.803. The molecule has 1 aromatic carbocycles. The quantitative estimate of drug-likeness (QED) is 0.0467. The molecule has 0 unspecified atom stereocenters. The van der Waals surface area contributed by atoms with Crippen molar-refractivity contribution in [3.63, 3.8) is 0 Å². The first-order valence-electron chi connectivity index (χ1n) is 21.0.